The molecule has 1 unspecified atom stereocenters. The average molecular weight is 851 g/mol. The van der Waals surface area contributed by atoms with Gasteiger partial charge in [-0.05, 0) is 64.2 Å². The van der Waals surface area contributed by atoms with Gasteiger partial charge in [-0.25, -0.2) is 0 Å². The third-order valence-electron chi connectivity index (χ3n) is 11.3. The number of aliphatic hydroxyl groups excluding tert-OH is 1. The lowest BCUT2D eigenvalue weighted by Gasteiger charge is -2.15. The summed E-state index contributed by atoms with van der Waals surface area (Å²) in [6.07, 6.45) is 70.0. The molecule has 0 saturated carbocycles. The van der Waals surface area contributed by atoms with Crippen molar-refractivity contribution in [3.8, 4) is 0 Å². The summed E-state index contributed by atoms with van der Waals surface area (Å²) in [5.41, 5.74) is 0. The Labute approximate surface area is 378 Å². The number of rotatable bonds is 47. The van der Waals surface area contributed by atoms with E-state index >= 15 is 0 Å². The van der Waals surface area contributed by atoms with Crippen LogP contribution in [0.4, 0.5) is 0 Å². The first kappa shape index (κ1) is 58.3. The lowest BCUT2D eigenvalue weighted by atomic mass is 10.0. The number of allylic oxidation sites excluding steroid dienone is 12. The zero-order chi connectivity index (χ0) is 44.2. The van der Waals surface area contributed by atoms with Crippen LogP contribution in [0.5, 0.6) is 0 Å². The van der Waals surface area contributed by atoms with Crippen LogP contribution in [0.1, 0.15) is 251 Å². The second kappa shape index (κ2) is 51.7. The molecule has 0 bridgehead atoms. The highest BCUT2D eigenvalue weighted by molar-refractivity contribution is 5.70. The fraction of sp³-hybridized carbons (Fsp3) is 0.750. The van der Waals surface area contributed by atoms with Crippen LogP contribution in [0.25, 0.3) is 0 Å². The number of carbonyl (C=O) groups is 2. The van der Waals surface area contributed by atoms with Gasteiger partial charge in [0.2, 0.25) is 0 Å². The van der Waals surface area contributed by atoms with Gasteiger partial charge in [-0.2, -0.15) is 0 Å². The minimum absolute atomic E-state index is 0.0770. The molecule has 5 nitrogen and oxygen atoms in total. The van der Waals surface area contributed by atoms with E-state index in [0.717, 1.165) is 89.9 Å². The van der Waals surface area contributed by atoms with Crippen LogP contribution < -0.4 is 0 Å². The van der Waals surface area contributed by atoms with Crippen molar-refractivity contribution in [3.63, 3.8) is 0 Å². The Morgan fingerprint density at radius 3 is 1.07 bits per heavy atom. The summed E-state index contributed by atoms with van der Waals surface area (Å²) in [6.45, 7) is 4.03. The molecule has 0 aromatic heterocycles. The van der Waals surface area contributed by atoms with Gasteiger partial charge < -0.3 is 14.6 Å². The Morgan fingerprint density at radius 2 is 0.705 bits per heavy atom. The van der Waals surface area contributed by atoms with Gasteiger partial charge >= 0.3 is 11.9 Å². The maximum Gasteiger partial charge on any atom is 0.306 e. The monoisotopic (exact) mass is 851 g/mol. The number of esters is 2. The second-order valence-corrected chi connectivity index (χ2v) is 17.2. The maximum atomic E-state index is 12.3. The molecule has 0 aromatic carbocycles. The summed E-state index contributed by atoms with van der Waals surface area (Å²) in [4.78, 5) is 24.5. The number of hydrogen-bond acceptors (Lipinski definition) is 5. The van der Waals surface area contributed by atoms with Gasteiger partial charge in [-0.15, -0.1) is 0 Å². The van der Waals surface area contributed by atoms with E-state index in [1.807, 2.05) is 0 Å². The molecule has 0 amide bonds. The molecule has 0 rings (SSSR count). The first-order chi connectivity index (χ1) is 30.1. The van der Waals surface area contributed by atoms with E-state index < -0.39 is 6.10 Å². The smallest absolute Gasteiger partial charge is 0.306 e. The summed E-state index contributed by atoms with van der Waals surface area (Å²) in [6, 6.07) is 0. The van der Waals surface area contributed by atoms with E-state index in [4.69, 9.17) is 9.47 Å². The Bertz CT molecular complexity index is 1100. The third-order valence-corrected chi connectivity index (χ3v) is 11.3. The number of unbranched alkanes of at least 4 members (excludes halogenated alkanes) is 27. The van der Waals surface area contributed by atoms with Crippen LogP contribution in [0.3, 0.4) is 0 Å². The lowest BCUT2D eigenvalue weighted by molar-refractivity contribution is -0.161. The van der Waals surface area contributed by atoms with Crippen LogP contribution in [0, 0.1) is 0 Å². The van der Waals surface area contributed by atoms with Gasteiger partial charge in [0.05, 0.1) is 6.61 Å². The lowest BCUT2D eigenvalue weighted by Crippen LogP contribution is -2.28. The van der Waals surface area contributed by atoms with Crippen LogP contribution in [0.2, 0.25) is 0 Å². The Balaban J connectivity index is 3.54. The Hall–Kier alpha value is -2.66. The molecule has 1 atom stereocenters. The highest BCUT2D eigenvalue weighted by Crippen LogP contribution is 2.16. The van der Waals surface area contributed by atoms with E-state index in [1.54, 1.807) is 0 Å². The molecule has 61 heavy (non-hydrogen) atoms. The molecule has 0 heterocycles. The molecule has 0 fully saturated rings. The molecule has 5 heteroatoms. The van der Waals surface area contributed by atoms with Crippen molar-refractivity contribution in [2.45, 2.75) is 258 Å². The van der Waals surface area contributed by atoms with Gasteiger partial charge in [0.25, 0.3) is 0 Å². The molecular formula is C56H98O5. The van der Waals surface area contributed by atoms with Crippen molar-refractivity contribution >= 4 is 11.9 Å². The SMILES string of the molecule is CC/C=C\C/C=C\C/C=C\C/C=C\C/C=C\C/C=C\CCCCCCC(=O)OC(CO)COC(=O)CCCCCCCCCCCCCCCCCCCCCCCCCC. The molecule has 352 valence electrons. The van der Waals surface area contributed by atoms with Crippen molar-refractivity contribution in [1.82, 2.24) is 0 Å². The van der Waals surface area contributed by atoms with Crippen LogP contribution in [0.15, 0.2) is 72.9 Å². The average Bonchev–Trinajstić information content (AvgIpc) is 3.26. The first-order valence-corrected chi connectivity index (χ1v) is 26.0. The van der Waals surface area contributed by atoms with E-state index in [1.165, 1.54) is 135 Å². The molecule has 0 aliphatic carbocycles. The quantitative estimate of drug-likeness (QED) is 0.0375. The first-order valence-electron chi connectivity index (χ1n) is 26.0. The fourth-order valence-electron chi connectivity index (χ4n) is 7.38. The van der Waals surface area contributed by atoms with Crippen LogP contribution in [-0.4, -0.2) is 36.4 Å². The van der Waals surface area contributed by atoms with E-state index in [-0.39, 0.29) is 25.2 Å². The number of hydrogen-bond donors (Lipinski definition) is 1. The number of aliphatic hydroxyl groups is 1. The van der Waals surface area contributed by atoms with Crippen LogP contribution in [-0.2, 0) is 19.1 Å². The van der Waals surface area contributed by atoms with E-state index in [9.17, 15) is 14.7 Å². The molecule has 0 aliphatic rings. The van der Waals surface area contributed by atoms with Crippen molar-refractivity contribution in [3.05, 3.63) is 72.9 Å². The molecule has 0 spiro atoms. The molecular weight excluding hydrogens is 753 g/mol. The normalized spacial score (nSPS) is 12.8. The predicted molar refractivity (Wildman–Crippen MR) is 265 cm³/mol. The van der Waals surface area contributed by atoms with Crippen molar-refractivity contribution in [1.29, 1.82) is 0 Å². The van der Waals surface area contributed by atoms with Gasteiger partial charge in [0.1, 0.15) is 6.61 Å². The van der Waals surface area contributed by atoms with Crippen molar-refractivity contribution in [2.75, 3.05) is 13.2 Å². The summed E-state index contributed by atoms with van der Waals surface area (Å²) in [7, 11) is 0. The van der Waals surface area contributed by atoms with Gasteiger partial charge in [0.15, 0.2) is 6.10 Å². The van der Waals surface area contributed by atoms with Crippen molar-refractivity contribution < 1.29 is 24.2 Å². The highest BCUT2D eigenvalue weighted by atomic mass is 16.6. The van der Waals surface area contributed by atoms with Gasteiger partial charge in [0, 0.05) is 12.8 Å². The maximum absolute atomic E-state index is 12.3. The molecule has 1 N–H and O–H groups in total. The van der Waals surface area contributed by atoms with Gasteiger partial charge in [-0.1, -0.05) is 247 Å². The minimum Gasteiger partial charge on any atom is -0.462 e. The molecule has 0 saturated heterocycles. The third kappa shape index (κ3) is 49.9. The Morgan fingerprint density at radius 1 is 0.393 bits per heavy atom. The summed E-state index contributed by atoms with van der Waals surface area (Å²) < 4.78 is 10.7. The Kier molecular flexibility index (Phi) is 49.4. The fourth-order valence-corrected chi connectivity index (χ4v) is 7.38. The zero-order valence-corrected chi connectivity index (χ0v) is 40.2. The molecule has 0 aromatic rings. The molecule has 0 radical (unpaired) electrons. The summed E-state index contributed by atoms with van der Waals surface area (Å²) in [5, 5.41) is 9.63. The highest BCUT2D eigenvalue weighted by Gasteiger charge is 2.16. The minimum atomic E-state index is -0.788. The number of carbonyl (C=O) groups excluding carboxylic acids is 2. The zero-order valence-electron chi connectivity index (χ0n) is 40.2. The van der Waals surface area contributed by atoms with Crippen LogP contribution >= 0.6 is 0 Å². The second-order valence-electron chi connectivity index (χ2n) is 17.2. The van der Waals surface area contributed by atoms with E-state index in [2.05, 4.69) is 86.8 Å². The summed E-state index contributed by atoms with van der Waals surface area (Å²) in [5.74, 6) is -0.614. The van der Waals surface area contributed by atoms with E-state index in [0.29, 0.717) is 12.8 Å². The standard InChI is InChI=1S/C56H98O5/c1-3-5-7-9-11-13-15-17-19-21-23-25-27-29-30-32-34-36-38-40-42-44-46-48-50-55(58)60-53-54(52-57)61-56(59)51-49-47-45-43-41-39-37-35-33-31-28-26-24-22-20-18-16-14-12-10-8-6-4-2/h6,8,12,14,18,20,24,26,31,33,37,39,54,57H,3-5,7,9-11,13,15-17,19,21-23,25,27-30,32,34-36,38,40-53H2,1-2H3/b8-6-,14-12-,20-18-,26-24-,33-31-,39-37-. The summed E-state index contributed by atoms with van der Waals surface area (Å²) >= 11 is 0. The van der Waals surface area contributed by atoms with Crippen molar-refractivity contribution in [2.24, 2.45) is 0 Å². The molecule has 0 aliphatic heterocycles. The largest absolute Gasteiger partial charge is 0.462 e. The van der Waals surface area contributed by atoms with Gasteiger partial charge in [-0.3, -0.25) is 9.59 Å². The topological polar surface area (TPSA) is 72.8 Å². The number of ether oxygens (including phenoxy) is 2. The predicted octanol–water partition coefficient (Wildman–Crippen LogP) is 17.2.